The lowest BCUT2D eigenvalue weighted by molar-refractivity contribution is -0.139. The SMILES string of the molecule is O=C1CC(N(CCC2=CCCCC2)C(=O)C2CC2)C(=O)N1c1ccc(Cl)cc1. The van der Waals surface area contributed by atoms with Crippen LogP contribution in [0.25, 0.3) is 0 Å². The van der Waals surface area contributed by atoms with Crippen LogP contribution in [-0.4, -0.2) is 35.2 Å². The van der Waals surface area contributed by atoms with Crippen LogP contribution in [0.15, 0.2) is 35.9 Å². The summed E-state index contributed by atoms with van der Waals surface area (Å²) < 4.78 is 0. The maximum absolute atomic E-state index is 13.1. The Morgan fingerprint density at radius 1 is 1.14 bits per heavy atom. The smallest absolute Gasteiger partial charge is 0.257 e. The lowest BCUT2D eigenvalue weighted by Gasteiger charge is -2.28. The molecule has 0 radical (unpaired) electrons. The molecular weight excluding hydrogens is 376 g/mol. The third-order valence-electron chi connectivity index (χ3n) is 5.85. The summed E-state index contributed by atoms with van der Waals surface area (Å²) in [5.74, 6) is -0.518. The van der Waals surface area contributed by atoms with Crippen molar-refractivity contribution in [3.63, 3.8) is 0 Å². The summed E-state index contributed by atoms with van der Waals surface area (Å²) in [6.07, 6.45) is 9.45. The summed E-state index contributed by atoms with van der Waals surface area (Å²) in [6, 6.07) is 5.96. The Balaban J connectivity index is 1.52. The number of amides is 3. The maximum Gasteiger partial charge on any atom is 0.257 e. The van der Waals surface area contributed by atoms with Gasteiger partial charge in [-0.05, 0) is 69.2 Å². The molecule has 0 N–H and O–H groups in total. The molecule has 6 heteroatoms. The van der Waals surface area contributed by atoms with Gasteiger partial charge in [0.2, 0.25) is 11.8 Å². The van der Waals surface area contributed by atoms with Gasteiger partial charge in [0.05, 0.1) is 12.1 Å². The number of carbonyl (C=O) groups excluding carboxylic acids is 3. The second-order valence-corrected chi connectivity index (χ2v) is 8.36. The summed E-state index contributed by atoms with van der Waals surface area (Å²) in [5.41, 5.74) is 1.88. The van der Waals surface area contributed by atoms with E-state index in [1.165, 1.54) is 23.3 Å². The monoisotopic (exact) mass is 400 g/mol. The number of halogens is 1. The molecule has 1 heterocycles. The minimum Gasteiger partial charge on any atom is -0.330 e. The van der Waals surface area contributed by atoms with E-state index in [0.29, 0.717) is 17.3 Å². The van der Waals surface area contributed by atoms with Gasteiger partial charge in [-0.3, -0.25) is 14.4 Å². The van der Waals surface area contributed by atoms with Crippen molar-refractivity contribution in [1.82, 2.24) is 4.90 Å². The molecule has 0 spiro atoms. The van der Waals surface area contributed by atoms with E-state index in [9.17, 15) is 14.4 Å². The molecule has 3 amide bonds. The van der Waals surface area contributed by atoms with Crippen LogP contribution in [0.2, 0.25) is 5.02 Å². The number of carbonyl (C=O) groups is 3. The van der Waals surface area contributed by atoms with Crippen LogP contribution in [0, 0.1) is 5.92 Å². The van der Waals surface area contributed by atoms with Gasteiger partial charge in [0, 0.05) is 17.5 Å². The predicted octanol–water partition coefficient (Wildman–Crippen LogP) is 4.10. The fourth-order valence-electron chi connectivity index (χ4n) is 4.10. The van der Waals surface area contributed by atoms with Crippen LogP contribution in [0.5, 0.6) is 0 Å². The number of anilines is 1. The van der Waals surface area contributed by atoms with Gasteiger partial charge in [0.25, 0.3) is 5.91 Å². The van der Waals surface area contributed by atoms with E-state index in [4.69, 9.17) is 11.6 Å². The van der Waals surface area contributed by atoms with Crippen LogP contribution in [-0.2, 0) is 14.4 Å². The first-order chi connectivity index (χ1) is 13.5. The molecule has 1 atom stereocenters. The van der Waals surface area contributed by atoms with Crippen molar-refractivity contribution in [2.24, 2.45) is 5.92 Å². The first-order valence-corrected chi connectivity index (χ1v) is 10.5. The first kappa shape index (κ1) is 19.2. The Morgan fingerprint density at radius 3 is 2.54 bits per heavy atom. The quantitative estimate of drug-likeness (QED) is 0.533. The molecule has 1 unspecified atom stereocenters. The van der Waals surface area contributed by atoms with Crippen molar-refractivity contribution in [1.29, 1.82) is 0 Å². The molecule has 2 aliphatic carbocycles. The number of allylic oxidation sites excluding steroid dienone is 1. The number of benzene rings is 1. The summed E-state index contributed by atoms with van der Waals surface area (Å²) in [5, 5.41) is 0.547. The molecule has 0 bridgehead atoms. The van der Waals surface area contributed by atoms with E-state index in [1.807, 2.05) is 0 Å². The highest BCUT2D eigenvalue weighted by atomic mass is 35.5. The zero-order valence-corrected chi connectivity index (χ0v) is 16.7. The summed E-state index contributed by atoms with van der Waals surface area (Å²) in [4.78, 5) is 41.5. The van der Waals surface area contributed by atoms with Crippen LogP contribution in [0.4, 0.5) is 5.69 Å². The van der Waals surface area contributed by atoms with Crippen LogP contribution >= 0.6 is 11.6 Å². The third kappa shape index (κ3) is 4.00. The van der Waals surface area contributed by atoms with Gasteiger partial charge >= 0.3 is 0 Å². The average Bonchev–Trinajstić information content (AvgIpc) is 3.50. The fraction of sp³-hybridized carbons (Fsp3) is 0.500. The number of nitrogens with zero attached hydrogens (tertiary/aromatic N) is 2. The molecule has 28 heavy (non-hydrogen) atoms. The van der Waals surface area contributed by atoms with Gasteiger partial charge in [-0.15, -0.1) is 0 Å². The van der Waals surface area contributed by atoms with Gasteiger partial charge in [-0.2, -0.15) is 0 Å². The summed E-state index contributed by atoms with van der Waals surface area (Å²) in [6.45, 7) is 0.513. The van der Waals surface area contributed by atoms with E-state index in [0.717, 1.165) is 32.1 Å². The van der Waals surface area contributed by atoms with Gasteiger partial charge < -0.3 is 4.90 Å². The van der Waals surface area contributed by atoms with Crippen molar-refractivity contribution < 1.29 is 14.4 Å². The van der Waals surface area contributed by atoms with Gasteiger partial charge in [0.15, 0.2) is 0 Å². The molecule has 1 saturated heterocycles. The van der Waals surface area contributed by atoms with Crippen molar-refractivity contribution in [2.75, 3.05) is 11.4 Å². The van der Waals surface area contributed by atoms with E-state index in [-0.39, 0.29) is 30.1 Å². The van der Waals surface area contributed by atoms with Crippen molar-refractivity contribution in [3.05, 3.63) is 40.9 Å². The van der Waals surface area contributed by atoms with Crippen LogP contribution in [0.1, 0.15) is 51.4 Å². The number of hydrogen-bond acceptors (Lipinski definition) is 3. The normalized spacial score (nSPS) is 22.4. The van der Waals surface area contributed by atoms with E-state index in [1.54, 1.807) is 29.2 Å². The molecule has 1 aromatic rings. The third-order valence-corrected chi connectivity index (χ3v) is 6.10. The van der Waals surface area contributed by atoms with Crippen molar-refractivity contribution >= 4 is 35.0 Å². The van der Waals surface area contributed by atoms with Crippen molar-refractivity contribution in [2.45, 2.75) is 57.4 Å². The average molecular weight is 401 g/mol. The fourth-order valence-corrected chi connectivity index (χ4v) is 4.23. The van der Waals surface area contributed by atoms with Gasteiger partial charge in [0.1, 0.15) is 6.04 Å². The molecule has 148 valence electrons. The molecule has 2 fully saturated rings. The number of hydrogen-bond donors (Lipinski definition) is 0. The van der Waals surface area contributed by atoms with E-state index < -0.39 is 6.04 Å². The molecule has 5 nitrogen and oxygen atoms in total. The Bertz CT molecular complexity index is 814. The molecule has 1 aliphatic heterocycles. The standard InChI is InChI=1S/C22H25ClN2O3/c23-17-8-10-18(11-9-17)25-20(26)14-19(22(25)28)24(21(27)16-6-7-16)13-12-15-4-2-1-3-5-15/h4,8-11,16,19H,1-3,5-7,12-14H2. The van der Waals surface area contributed by atoms with Crippen LogP contribution in [0.3, 0.4) is 0 Å². The Hall–Kier alpha value is -2.14. The molecule has 1 aromatic carbocycles. The summed E-state index contributed by atoms with van der Waals surface area (Å²) in [7, 11) is 0. The topological polar surface area (TPSA) is 57.7 Å². The minimum absolute atomic E-state index is 0.0211. The summed E-state index contributed by atoms with van der Waals surface area (Å²) >= 11 is 5.92. The second kappa shape index (κ2) is 8.08. The first-order valence-electron chi connectivity index (χ1n) is 10.2. The molecule has 1 saturated carbocycles. The number of imide groups is 1. The van der Waals surface area contributed by atoms with Gasteiger partial charge in [-0.1, -0.05) is 23.3 Å². The lowest BCUT2D eigenvalue weighted by atomic mass is 9.97. The minimum atomic E-state index is -0.694. The van der Waals surface area contributed by atoms with Crippen molar-refractivity contribution in [3.8, 4) is 0 Å². The molecule has 4 rings (SSSR count). The number of rotatable bonds is 6. The van der Waals surface area contributed by atoms with Crippen LogP contribution < -0.4 is 4.90 Å². The molecule has 0 aromatic heterocycles. The van der Waals surface area contributed by atoms with Gasteiger partial charge in [-0.25, -0.2) is 4.90 Å². The zero-order valence-electron chi connectivity index (χ0n) is 15.9. The van der Waals surface area contributed by atoms with E-state index in [2.05, 4.69) is 6.08 Å². The Labute approximate surface area is 170 Å². The highest BCUT2D eigenvalue weighted by Gasteiger charge is 2.46. The molecular formula is C22H25ClN2O3. The molecule has 3 aliphatic rings. The second-order valence-electron chi connectivity index (χ2n) is 7.93. The largest absolute Gasteiger partial charge is 0.330 e. The predicted molar refractivity (Wildman–Crippen MR) is 108 cm³/mol. The van der Waals surface area contributed by atoms with E-state index >= 15 is 0 Å². The highest BCUT2D eigenvalue weighted by Crippen LogP contribution is 2.35. The zero-order chi connectivity index (χ0) is 19.7. The highest BCUT2D eigenvalue weighted by molar-refractivity contribution is 6.30. The Morgan fingerprint density at radius 2 is 1.89 bits per heavy atom. The lowest BCUT2D eigenvalue weighted by Crippen LogP contribution is -2.46. The maximum atomic E-state index is 13.1. The Kier molecular flexibility index (Phi) is 5.54.